The molecule has 0 radical (unpaired) electrons. The average molecular weight is 249 g/mol. The van der Waals surface area contributed by atoms with E-state index < -0.39 is 0 Å². The van der Waals surface area contributed by atoms with Crippen molar-refractivity contribution in [3.63, 3.8) is 0 Å². The molecule has 0 spiro atoms. The molecule has 2 heterocycles. The number of nitriles is 1. The number of amides is 1. The van der Waals surface area contributed by atoms with Crippen molar-refractivity contribution in [2.24, 2.45) is 5.92 Å². The van der Waals surface area contributed by atoms with E-state index in [1.54, 1.807) is 0 Å². The van der Waals surface area contributed by atoms with Gasteiger partial charge in [-0.1, -0.05) is 13.3 Å². The first-order valence-corrected chi connectivity index (χ1v) is 7.16. The second-order valence-corrected chi connectivity index (χ2v) is 5.50. The molecule has 100 valence electrons. The van der Waals surface area contributed by atoms with Gasteiger partial charge in [-0.15, -0.1) is 0 Å². The summed E-state index contributed by atoms with van der Waals surface area (Å²) in [6.45, 7) is 6.28. The third kappa shape index (κ3) is 3.02. The van der Waals surface area contributed by atoms with Gasteiger partial charge in [0, 0.05) is 32.1 Å². The van der Waals surface area contributed by atoms with Gasteiger partial charge in [-0.2, -0.15) is 5.26 Å². The highest BCUT2D eigenvalue weighted by atomic mass is 16.2. The molecule has 0 aromatic heterocycles. The van der Waals surface area contributed by atoms with Crippen molar-refractivity contribution < 1.29 is 4.79 Å². The highest BCUT2D eigenvalue weighted by Gasteiger charge is 2.35. The zero-order valence-electron chi connectivity index (χ0n) is 11.3. The number of likely N-dealkylation sites (tertiary alicyclic amines) is 2. The van der Waals surface area contributed by atoms with E-state index in [0.29, 0.717) is 19.0 Å². The van der Waals surface area contributed by atoms with Crippen LogP contribution in [0.3, 0.4) is 0 Å². The van der Waals surface area contributed by atoms with E-state index in [0.717, 1.165) is 25.9 Å². The first-order valence-electron chi connectivity index (χ1n) is 7.16. The molecule has 2 aliphatic rings. The van der Waals surface area contributed by atoms with Gasteiger partial charge in [0.1, 0.15) is 0 Å². The molecular weight excluding hydrogens is 226 g/mol. The van der Waals surface area contributed by atoms with Gasteiger partial charge in [0.05, 0.1) is 12.0 Å². The number of hydrogen-bond acceptors (Lipinski definition) is 3. The van der Waals surface area contributed by atoms with E-state index >= 15 is 0 Å². The van der Waals surface area contributed by atoms with E-state index in [1.165, 1.54) is 19.4 Å². The Morgan fingerprint density at radius 2 is 2.11 bits per heavy atom. The standard InChI is InChI=1S/C14H23N3O/c1-2-3-6-16-7-4-13(5-8-16)17-11-12(10-15)9-14(17)18/h12-13H,2-9,11H2,1H3. The normalized spacial score (nSPS) is 26.6. The van der Waals surface area contributed by atoms with Gasteiger partial charge in [-0.25, -0.2) is 0 Å². The fourth-order valence-electron chi connectivity index (χ4n) is 3.01. The minimum Gasteiger partial charge on any atom is -0.338 e. The second-order valence-electron chi connectivity index (χ2n) is 5.50. The van der Waals surface area contributed by atoms with Gasteiger partial charge in [0.2, 0.25) is 5.91 Å². The van der Waals surface area contributed by atoms with Gasteiger partial charge < -0.3 is 9.80 Å². The van der Waals surface area contributed by atoms with E-state index in [1.807, 2.05) is 4.90 Å². The Hall–Kier alpha value is -1.08. The van der Waals surface area contributed by atoms with Crippen LogP contribution in [0.15, 0.2) is 0 Å². The minimum atomic E-state index is -0.0735. The summed E-state index contributed by atoms with van der Waals surface area (Å²) in [5.41, 5.74) is 0. The average Bonchev–Trinajstić information content (AvgIpc) is 2.78. The number of piperidine rings is 1. The summed E-state index contributed by atoms with van der Waals surface area (Å²) in [5, 5.41) is 8.90. The number of carbonyl (C=O) groups excluding carboxylic acids is 1. The molecule has 1 atom stereocenters. The van der Waals surface area contributed by atoms with Crippen LogP contribution >= 0.6 is 0 Å². The Bertz CT molecular complexity index is 328. The molecule has 2 saturated heterocycles. The smallest absolute Gasteiger partial charge is 0.224 e. The van der Waals surface area contributed by atoms with Crippen LogP contribution in [0.5, 0.6) is 0 Å². The van der Waals surface area contributed by atoms with Crippen molar-refractivity contribution in [2.45, 2.75) is 45.1 Å². The molecule has 4 heteroatoms. The van der Waals surface area contributed by atoms with Crippen molar-refractivity contribution in [3.05, 3.63) is 0 Å². The quantitative estimate of drug-likeness (QED) is 0.760. The maximum Gasteiger partial charge on any atom is 0.224 e. The molecule has 1 amide bonds. The van der Waals surface area contributed by atoms with Crippen molar-refractivity contribution in [1.82, 2.24) is 9.80 Å². The summed E-state index contributed by atoms with van der Waals surface area (Å²) in [6.07, 6.45) is 5.10. The van der Waals surface area contributed by atoms with Crippen LogP contribution in [0.25, 0.3) is 0 Å². The van der Waals surface area contributed by atoms with Crippen molar-refractivity contribution >= 4 is 5.91 Å². The van der Waals surface area contributed by atoms with E-state index in [4.69, 9.17) is 5.26 Å². The Balaban J connectivity index is 1.80. The number of carbonyl (C=O) groups is 1. The van der Waals surface area contributed by atoms with Gasteiger partial charge in [0.15, 0.2) is 0 Å². The molecule has 18 heavy (non-hydrogen) atoms. The Morgan fingerprint density at radius 3 is 2.67 bits per heavy atom. The molecule has 0 saturated carbocycles. The van der Waals surface area contributed by atoms with Crippen molar-refractivity contribution in [1.29, 1.82) is 5.26 Å². The fraction of sp³-hybridized carbons (Fsp3) is 0.857. The first-order chi connectivity index (χ1) is 8.74. The third-order valence-electron chi connectivity index (χ3n) is 4.17. The fourth-order valence-corrected chi connectivity index (χ4v) is 3.01. The van der Waals surface area contributed by atoms with Crippen LogP contribution in [0.1, 0.15) is 39.0 Å². The molecule has 0 bridgehead atoms. The van der Waals surface area contributed by atoms with Crippen LogP contribution in [0, 0.1) is 17.2 Å². The predicted octanol–water partition coefficient (Wildman–Crippen LogP) is 1.62. The molecule has 0 N–H and O–H groups in total. The maximum atomic E-state index is 11.9. The summed E-state index contributed by atoms with van der Waals surface area (Å²) >= 11 is 0. The maximum absolute atomic E-state index is 11.9. The first kappa shape index (κ1) is 13.4. The zero-order valence-corrected chi connectivity index (χ0v) is 11.3. The molecule has 4 nitrogen and oxygen atoms in total. The lowest BCUT2D eigenvalue weighted by atomic mass is 10.0. The largest absolute Gasteiger partial charge is 0.338 e. The highest BCUT2D eigenvalue weighted by molar-refractivity contribution is 5.79. The molecule has 0 aliphatic carbocycles. The van der Waals surface area contributed by atoms with Crippen LogP contribution in [-0.4, -0.2) is 47.9 Å². The Labute approximate surface area is 110 Å². The number of hydrogen-bond donors (Lipinski definition) is 0. The molecule has 0 aromatic carbocycles. The zero-order chi connectivity index (χ0) is 13.0. The lowest BCUT2D eigenvalue weighted by Crippen LogP contribution is -2.45. The predicted molar refractivity (Wildman–Crippen MR) is 69.8 cm³/mol. The third-order valence-corrected chi connectivity index (χ3v) is 4.17. The summed E-state index contributed by atoms with van der Waals surface area (Å²) in [6, 6.07) is 2.61. The van der Waals surface area contributed by atoms with E-state index in [9.17, 15) is 4.79 Å². The van der Waals surface area contributed by atoms with Crippen LogP contribution in [-0.2, 0) is 4.79 Å². The van der Waals surface area contributed by atoms with Gasteiger partial charge in [0.25, 0.3) is 0 Å². The van der Waals surface area contributed by atoms with Gasteiger partial charge in [-0.05, 0) is 25.8 Å². The molecular formula is C14H23N3O. The summed E-state index contributed by atoms with van der Waals surface area (Å²) in [4.78, 5) is 16.3. The topological polar surface area (TPSA) is 47.3 Å². The molecule has 0 aromatic rings. The van der Waals surface area contributed by atoms with Gasteiger partial charge in [-0.3, -0.25) is 4.79 Å². The second kappa shape index (κ2) is 6.19. The minimum absolute atomic E-state index is 0.0735. The van der Waals surface area contributed by atoms with Crippen LogP contribution in [0.4, 0.5) is 0 Å². The highest BCUT2D eigenvalue weighted by Crippen LogP contribution is 2.25. The summed E-state index contributed by atoms with van der Waals surface area (Å²) in [5.74, 6) is 0.115. The van der Waals surface area contributed by atoms with Crippen molar-refractivity contribution in [2.75, 3.05) is 26.2 Å². The lowest BCUT2D eigenvalue weighted by Gasteiger charge is -2.36. The van der Waals surface area contributed by atoms with E-state index in [2.05, 4.69) is 17.9 Å². The monoisotopic (exact) mass is 249 g/mol. The Morgan fingerprint density at radius 1 is 1.39 bits per heavy atom. The number of rotatable bonds is 4. The molecule has 2 fully saturated rings. The van der Waals surface area contributed by atoms with Gasteiger partial charge >= 0.3 is 0 Å². The molecule has 2 rings (SSSR count). The number of unbranched alkanes of at least 4 members (excludes halogenated alkanes) is 1. The lowest BCUT2D eigenvalue weighted by molar-refractivity contribution is -0.130. The summed E-state index contributed by atoms with van der Waals surface area (Å²) in [7, 11) is 0. The van der Waals surface area contributed by atoms with Crippen LogP contribution < -0.4 is 0 Å². The van der Waals surface area contributed by atoms with E-state index in [-0.39, 0.29) is 11.8 Å². The van der Waals surface area contributed by atoms with Crippen LogP contribution in [0.2, 0.25) is 0 Å². The Kier molecular flexibility index (Phi) is 4.60. The van der Waals surface area contributed by atoms with Crippen molar-refractivity contribution in [3.8, 4) is 6.07 Å². The molecule has 2 aliphatic heterocycles. The SMILES string of the molecule is CCCCN1CCC(N2CC(C#N)CC2=O)CC1. The molecule has 1 unspecified atom stereocenters. The number of nitrogens with zero attached hydrogens (tertiary/aromatic N) is 3. The summed E-state index contributed by atoms with van der Waals surface area (Å²) < 4.78 is 0.